The summed E-state index contributed by atoms with van der Waals surface area (Å²) in [5.41, 5.74) is 1.12. The molecule has 1 aromatic heterocycles. The highest BCUT2D eigenvalue weighted by atomic mass is 35.5. The molecule has 0 aliphatic carbocycles. The summed E-state index contributed by atoms with van der Waals surface area (Å²) in [6.45, 7) is 2.90. The fourth-order valence-electron chi connectivity index (χ4n) is 3.84. The molecule has 4 rings (SSSR count). The SMILES string of the molecule is O=C1CCC(=O)N1CCOc1nccnc1OC1CCN(Cc2ccc(Cl)c(Cl)c2)CC1. The third kappa shape index (κ3) is 5.68. The van der Waals surface area contributed by atoms with Crippen molar-refractivity contribution in [2.75, 3.05) is 26.2 Å². The van der Waals surface area contributed by atoms with E-state index >= 15 is 0 Å². The minimum Gasteiger partial charge on any atom is -0.472 e. The maximum atomic E-state index is 11.7. The van der Waals surface area contributed by atoms with Crippen molar-refractivity contribution in [3.63, 3.8) is 0 Å². The molecule has 2 saturated heterocycles. The van der Waals surface area contributed by atoms with E-state index < -0.39 is 0 Å². The van der Waals surface area contributed by atoms with Gasteiger partial charge in [-0.25, -0.2) is 9.97 Å². The number of piperidine rings is 1. The zero-order valence-corrected chi connectivity index (χ0v) is 19.0. The zero-order valence-electron chi connectivity index (χ0n) is 17.5. The van der Waals surface area contributed by atoms with Gasteiger partial charge in [0.1, 0.15) is 12.7 Å². The summed E-state index contributed by atoms with van der Waals surface area (Å²) >= 11 is 12.1. The first-order valence-electron chi connectivity index (χ1n) is 10.6. The van der Waals surface area contributed by atoms with Gasteiger partial charge in [0.15, 0.2) is 0 Å². The smallest absolute Gasteiger partial charge is 0.278 e. The molecule has 10 heteroatoms. The summed E-state index contributed by atoms with van der Waals surface area (Å²) < 4.78 is 11.8. The van der Waals surface area contributed by atoms with E-state index in [1.165, 1.54) is 11.1 Å². The number of carbonyl (C=O) groups excluding carboxylic acids is 2. The van der Waals surface area contributed by atoms with Crippen LogP contribution < -0.4 is 9.47 Å². The summed E-state index contributed by atoms with van der Waals surface area (Å²) in [6, 6.07) is 5.71. The number of rotatable bonds is 8. The molecule has 170 valence electrons. The van der Waals surface area contributed by atoms with Crippen molar-refractivity contribution in [3.8, 4) is 11.8 Å². The molecule has 0 radical (unpaired) electrons. The second kappa shape index (κ2) is 10.5. The molecule has 0 saturated carbocycles. The monoisotopic (exact) mass is 478 g/mol. The van der Waals surface area contributed by atoms with Crippen LogP contribution in [0.25, 0.3) is 0 Å². The van der Waals surface area contributed by atoms with E-state index in [1.54, 1.807) is 6.20 Å². The Morgan fingerprint density at radius 3 is 2.34 bits per heavy atom. The van der Waals surface area contributed by atoms with Crippen molar-refractivity contribution in [2.45, 2.75) is 38.3 Å². The van der Waals surface area contributed by atoms with Gasteiger partial charge in [0.25, 0.3) is 11.8 Å². The highest BCUT2D eigenvalue weighted by molar-refractivity contribution is 6.42. The van der Waals surface area contributed by atoms with Gasteiger partial charge < -0.3 is 9.47 Å². The van der Waals surface area contributed by atoms with Crippen LogP contribution in [0.1, 0.15) is 31.2 Å². The van der Waals surface area contributed by atoms with Crippen LogP contribution >= 0.6 is 23.2 Å². The second-order valence-electron chi connectivity index (χ2n) is 7.80. The van der Waals surface area contributed by atoms with Gasteiger partial charge in [0.05, 0.1) is 16.6 Å². The molecule has 32 heavy (non-hydrogen) atoms. The minimum atomic E-state index is -0.165. The molecule has 8 nitrogen and oxygen atoms in total. The van der Waals surface area contributed by atoms with E-state index in [-0.39, 0.29) is 49.8 Å². The quantitative estimate of drug-likeness (QED) is 0.537. The van der Waals surface area contributed by atoms with Crippen LogP contribution in [-0.4, -0.2) is 63.9 Å². The molecule has 3 heterocycles. The van der Waals surface area contributed by atoms with E-state index in [0.717, 1.165) is 38.0 Å². The van der Waals surface area contributed by atoms with E-state index in [2.05, 4.69) is 14.9 Å². The molecule has 0 N–H and O–H groups in total. The van der Waals surface area contributed by atoms with Crippen molar-refractivity contribution >= 4 is 35.0 Å². The predicted octanol–water partition coefficient (Wildman–Crippen LogP) is 3.35. The van der Waals surface area contributed by atoms with Crippen molar-refractivity contribution < 1.29 is 19.1 Å². The van der Waals surface area contributed by atoms with Crippen molar-refractivity contribution in [1.29, 1.82) is 0 Å². The van der Waals surface area contributed by atoms with E-state index in [0.29, 0.717) is 15.9 Å². The Morgan fingerprint density at radius 2 is 1.66 bits per heavy atom. The van der Waals surface area contributed by atoms with Crippen molar-refractivity contribution in [2.24, 2.45) is 0 Å². The summed E-state index contributed by atoms with van der Waals surface area (Å²) in [6.07, 6.45) is 5.29. The Hall–Kier alpha value is -2.42. The Morgan fingerprint density at radius 1 is 0.969 bits per heavy atom. The highest BCUT2D eigenvalue weighted by Crippen LogP contribution is 2.27. The van der Waals surface area contributed by atoms with Crippen molar-refractivity contribution in [3.05, 3.63) is 46.2 Å². The van der Waals surface area contributed by atoms with Gasteiger partial charge in [-0.05, 0) is 30.5 Å². The summed E-state index contributed by atoms with van der Waals surface area (Å²) in [7, 11) is 0. The largest absolute Gasteiger partial charge is 0.472 e. The summed E-state index contributed by atoms with van der Waals surface area (Å²) in [4.78, 5) is 35.4. The molecular formula is C22H24Cl2N4O4. The Kier molecular flexibility index (Phi) is 7.44. The molecule has 0 bridgehead atoms. The number of carbonyl (C=O) groups is 2. The van der Waals surface area contributed by atoms with Crippen molar-refractivity contribution in [1.82, 2.24) is 19.8 Å². The lowest BCUT2D eigenvalue weighted by Gasteiger charge is -2.32. The van der Waals surface area contributed by atoms with Crippen LogP contribution in [0.5, 0.6) is 11.8 Å². The number of hydrogen-bond acceptors (Lipinski definition) is 7. The van der Waals surface area contributed by atoms with Crippen LogP contribution in [0.15, 0.2) is 30.6 Å². The topological polar surface area (TPSA) is 84.9 Å². The number of ether oxygens (including phenoxy) is 2. The van der Waals surface area contributed by atoms with Crippen LogP contribution in [0.3, 0.4) is 0 Å². The molecule has 2 fully saturated rings. The van der Waals surface area contributed by atoms with E-state index in [1.807, 2.05) is 18.2 Å². The lowest BCUT2D eigenvalue weighted by molar-refractivity contribution is -0.138. The lowest BCUT2D eigenvalue weighted by atomic mass is 10.1. The van der Waals surface area contributed by atoms with Crippen LogP contribution in [0.4, 0.5) is 0 Å². The number of imide groups is 1. The summed E-state index contributed by atoms with van der Waals surface area (Å²) in [5.74, 6) is 0.267. The number of amides is 2. The molecular weight excluding hydrogens is 455 g/mol. The van der Waals surface area contributed by atoms with E-state index in [4.69, 9.17) is 32.7 Å². The molecule has 2 amide bonds. The minimum absolute atomic E-state index is 0.000781. The molecule has 2 aliphatic rings. The van der Waals surface area contributed by atoms with Gasteiger partial charge >= 0.3 is 0 Å². The van der Waals surface area contributed by atoms with Gasteiger partial charge in [-0.15, -0.1) is 0 Å². The number of nitrogens with zero attached hydrogens (tertiary/aromatic N) is 4. The molecule has 0 atom stereocenters. The average Bonchev–Trinajstić information content (AvgIpc) is 3.11. The number of halogens is 2. The normalized spacial score (nSPS) is 17.8. The molecule has 2 aromatic rings. The van der Waals surface area contributed by atoms with Gasteiger partial charge in [-0.2, -0.15) is 0 Å². The fourth-order valence-corrected chi connectivity index (χ4v) is 4.16. The molecule has 1 aromatic carbocycles. The van der Waals surface area contributed by atoms with Crippen LogP contribution in [0.2, 0.25) is 10.0 Å². The third-order valence-electron chi connectivity index (χ3n) is 5.54. The first-order chi connectivity index (χ1) is 15.5. The number of hydrogen-bond donors (Lipinski definition) is 0. The number of likely N-dealkylation sites (tertiary alicyclic amines) is 2. The second-order valence-corrected chi connectivity index (χ2v) is 8.61. The van der Waals surface area contributed by atoms with Gasteiger partial charge in [-0.1, -0.05) is 29.3 Å². The molecule has 0 spiro atoms. The van der Waals surface area contributed by atoms with Gasteiger partial charge in [0.2, 0.25) is 11.8 Å². The Balaban J connectivity index is 1.26. The Labute approximate surface area is 196 Å². The number of benzene rings is 1. The lowest BCUT2D eigenvalue weighted by Crippen LogP contribution is -2.38. The predicted molar refractivity (Wildman–Crippen MR) is 119 cm³/mol. The van der Waals surface area contributed by atoms with Crippen LogP contribution in [0, 0.1) is 0 Å². The third-order valence-corrected chi connectivity index (χ3v) is 6.28. The fraction of sp³-hybridized carbons (Fsp3) is 0.455. The van der Waals surface area contributed by atoms with Gasteiger partial charge in [0, 0.05) is 44.9 Å². The van der Waals surface area contributed by atoms with E-state index in [9.17, 15) is 9.59 Å². The maximum absolute atomic E-state index is 11.7. The van der Waals surface area contributed by atoms with Gasteiger partial charge in [-0.3, -0.25) is 19.4 Å². The average molecular weight is 479 g/mol. The number of aromatic nitrogens is 2. The standard InChI is InChI=1S/C22H24Cl2N4O4/c23-17-2-1-15(13-18(17)24)14-27-9-5-16(6-10-27)32-22-21(25-7-8-26-22)31-12-11-28-19(29)3-4-20(28)30/h1-2,7-8,13,16H,3-6,9-12,14H2. The first-order valence-corrected chi connectivity index (χ1v) is 11.3. The zero-order chi connectivity index (χ0) is 22.5. The Bertz CT molecular complexity index is 966. The van der Waals surface area contributed by atoms with Crippen LogP contribution in [-0.2, 0) is 16.1 Å². The molecule has 2 aliphatic heterocycles. The molecule has 0 unspecified atom stereocenters. The first kappa shape index (κ1) is 22.8. The maximum Gasteiger partial charge on any atom is 0.278 e. The highest BCUT2D eigenvalue weighted by Gasteiger charge is 2.29. The summed E-state index contributed by atoms with van der Waals surface area (Å²) in [5, 5.41) is 1.12.